The van der Waals surface area contributed by atoms with Crippen LogP contribution in [-0.2, 0) is 16.0 Å². The van der Waals surface area contributed by atoms with Gasteiger partial charge in [0.1, 0.15) is 0 Å². The van der Waals surface area contributed by atoms with Gasteiger partial charge < -0.3 is 14.5 Å². The SMILES string of the molecule is Cc1ccccc1-n1c(SCC(=O)N2CCc3ccccc32)nnc1N1CCOCC1. The van der Waals surface area contributed by atoms with Crippen LogP contribution in [0.15, 0.2) is 53.7 Å². The van der Waals surface area contributed by atoms with Crippen molar-refractivity contribution in [3.63, 3.8) is 0 Å². The molecule has 5 rings (SSSR count). The minimum atomic E-state index is 0.0993. The van der Waals surface area contributed by atoms with Gasteiger partial charge in [-0.15, -0.1) is 10.2 Å². The Morgan fingerprint density at radius 3 is 2.55 bits per heavy atom. The van der Waals surface area contributed by atoms with Gasteiger partial charge in [0.25, 0.3) is 0 Å². The van der Waals surface area contributed by atoms with Crippen LogP contribution in [0.2, 0.25) is 0 Å². The molecule has 1 amide bonds. The number of aromatic nitrogens is 3. The second-order valence-electron chi connectivity index (χ2n) is 7.72. The maximum absolute atomic E-state index is 13.0. The number of rotatable bonds is 5. The van der Waals surface area contributed by atoms with E-state index in [0.29, 0.717) is 19.0 Å². The van der Waals surface area contributed by atoms with E-state index in [1.807, 2.05) is 35.2 Å². The van der Waals surface area contributed by atoms with Gasteiger partial charge >= 0.3 is 0 Å². The lowest BCUT2D eigenvalue weighted by Crippen LogP contribution is -2.38. The number of amides is 1. The Balaban J connectivity index is 1.41. The van der Waals surface area contributed by atoms with Gasteiger partial charge in [-0.3, -0.25) is 9.36 Å². The molecule has 7 nitrogen and oxygen atoms in total. The average Bonchev–Trinajstić information content (AvgIpc) is 3.43. The van der Waals surface area contributed by atoms with E-state index in [2.05, 4.69) is 44.8 Å². The van der Waals surface area contributed by atoms with Gasteiger partial charge in [-0.2, -0.15) is 0 Å². The number of fused-ring (bicyclic) bond motifs is 1. The summed E-state index contributed by atoms with van der Waals surface area (Å²) in [5, 5.41) is 9.71. The normalized spacial score (nSPS) is 15.9. The summed E-state index contributed by atoms with van der Waals surface area (Å²) in [7, 11) is 0. The molecule has 2 aliphatic heterocycles. The number of nitrogens with zero attached hydrogens (tertiary/aromatic N) is 5. The lowest BCUT2D eigenvalue weighted by Gasteiger charge is -2.28. The molecule has 2 aromatic carbocycles. The lowest BCUT2D eigenvalue weighted by atomic mass is 10.2. The predicted octanol–water partition coefficient (Wildman–Crippen LogP) is 3.09. The molecule has 3 aromatic rings. The number of aryl methyl sites for hydroxylation is 1. The van der Waals surface area contributed by atoms with Crippen LogP contribution in [0.4, 0.5) is 11.6 Å². The molecule has 0 spiro atoms. The number of thioether (sulfide) groups is 1. The third-order valence-corrected chi connectivity index (χ3v) is 6.69. The van der Waals surface area contributed by atoms with Gasteiger partial charge in [0, 0.05) is 25.3 Å². The van der Waals surface area contributed by atoms with E-state index in [-0.39, 0.29) is 5.91 Å². The third kappa shape index (κ3) is 3.93. The molecule has 160 valence electrons. The fraction of sp³-hybridized carbons (Fsp3) is 0.348. The maximum Gasteiger partial charge on any atom is 0.237 e. The highest BCUT2D eigenvalue weighted by atomic mass is 32.2. The Kier molecular flexibility index (Phi) is 5.65. The van der Waals surface area contributed by atoms with E-state index in [0.717, 1.165) is 54.1 Å². The summed E-state index contributed by atoms with van der Waals surface area (Å²) in [5.74, 6) is 1.22. The minimum Gasteiger partial charge on any atom is -0.378 e. The van der Waals surface area contributed by atoms with Crippen molar-refractivity contribution in [1.29, 1.82) is 0 Å². The summed E-state index contributed by atoms with van der Waals surface area (Å²) in [6.07, 6.45) is 0.910. The monoisotopic (exact) mass is 435 g/mol. The molecule has 3 heterocycles. The first-order valence-corrected chi connectivity index (χ1v) is 11.6. The number of hydrogen-bond donors (Lipinski definition) is 0. The number of benzene rings is 2. The number of carbonyl (C=O) groups is 1. The smallest absolute Gasteiger partial charge is 0.237 e. The Labute approximate surface area is 186 Å². The van der Waals surface area contributed by atoms with Crippen molar-refractivity contribution in [1.82, 2.24) is 14.8 Å². The summed E-state index contributed by atoms with van der Waals surface area (Å²) in [4.78, 5) is 17.1. The van der Waals surface area contributed by atoms with Crippen LogP contribution in [0.1, 0.15) is 11.1 Å². The van der Waals surface area contributed by atoms with E-state index >= 15 is 0 Å². The summed E-state index contributed by atoms with van der Waals surface area (Å²) in [6, 6.07) is 16.3. The number of morpholine rings is 1. The van der Waals surface area contributed by atoms with Gasteiger partial charge in [0.05, 0.1) is 24.7 Å². The number of hydrogen-bond acceptors (Lipinski definition) is 6. The first-order valence-electron chi connectivity index (χ1n) is 10.6. The van der Waals surface area contributed by atoms with E-state index in [4.69, 9.17) is 4.74 Å². The number of anilines is 2. The Bertz CT molecular complexity index is 1090. The second kappa shape index (κ2) is 8.72. The molecule has 0 radical (unpaired) electrons. The molecular formula is C23H25N5O2S. The fourth-order valence-corrected chi connectivity index (χ4v) is 4.97. The zero-order chi connectivity index (χ0) is 21.2. The van der Waals surface area contributed by atoms with E-state index in [9.17, 15) is 4.79 Å². The molecule has 31 heavy (non-hydrogen) atoms. The maximum atomic E-state index is 13.0. The lowest BCUT2D eigenvalue weighted by molar-refractivity contribution is -0.116. The van der Waals surface area contributed by atoms with Gasteiger partial charge in [0.15, 0.2) is 5.16 Å². The van der Waals surface area contributed by atoms with Crippen molar-refractivity contribution < 1.29 is 9.53 Å². The molecule has 0 saturated carbocycles. The van der Waals surface area contributed by atoms with Crippen molar-refractivity contribution in [2.75, 3.05) is 48.4 Å². The highest BCUT2D eigenvalue weighted by molar-refractivity contribution is 7.99. The highest BCUT2D eigenvalue weighted by Crippen LogP contribution is 2.31. The van der Waals surface area contributed by atoms with Crippen molar-refractivity contribution in [3.8, 4) is 5.69 Å². The zero-order valence-corrected chi connectivity index (χ0v) is 18.3. The largest absolute Gasteiger partial charge is 0.378 e. The van der Waals surface area contributed by atoms with E-state index in [1.54, 1.807) is 0 Å². The number of para-hydroxylation sites is 2. The van der Waals surface area contributed by atoms with Crippen LogP contribution in [0.5, 0.6) is 0 Å². The van der Waals surface area contributed by atoms with Gasteiger partial charge in [-0.1, -0.05) is 48.2 Å². The zero-order valence-electron chi connectivity index (χ0n) is 17.5. The van der Waals surface area contributed by atoms with Crippen molar-refractivity contribution in [2.45, 2.75) is 18.5 Å². The van der Waals surface area contributed by atoms with Gasteiger partial charge in [-0.05, 0) is 36.6 Å². The molecule has 0 unspecified atom stereocenters. The average molecular weight is 436 g/mol. The minimum absolute atomic E-state index is 0.0993. The molecule has 0 bridgehead atoms. The van der Waals surface area contributed by atoms with E-state index in [1.165, 1.54) is 17.3 Å². The first kappa shape index (κ1) is 20.1. The van der Waals surface area contributed by atoms with Crippen molar-refractivity contribution in [2.24, 2.45) is 0 Å². The molecular weight excluding hydrogens is 410 g/mol. The number of ether oxygens (including phenoxy) is 1. The quantitative estimate of drug-likeness (QED) is 0.574. The Morgan fingerprint density at radius 2 is 1.74 bits per heavy atom. The topological polar surface area (TPSA) is 63.5 Å². The molecule has 0 N–H and O–H groups in total. The van der Waals surface area contributed by atoms with Crippen LogP contribution in [0, 0.1) is 6.92 Å². The van der Waals surface area contributed by atoms with Crippen LogP contribution in [0.25, 0.3) is 5.69 Å². The summed E-state index contributed by atoms with van der Waals surface area (Å²) in [5.41, 5.74) is 4.44. The van der Waals surface area contributed by atoms with Crippen LogP contribution >= 0.6 is 11.8 Å². The molecule has 8 heteroatoms. The molecule has 0 atom stereocenters. The summed E-state index contributed by atoms with van der Waals surface area (Å²) >= 11 is 1.45. The van der Waals surface area contributed by atoms with E-state index < -0.39 is 0 Å². The Hall–Kier alpha value is -2.84. The number of carbonyl (C=O) groups excluding carboxylic acids is 1. The predicted molar refractivity (Wildman–Crippen MR) is 122 cm³/mol. The molecule has 1 saturated heterocycles. The summed E-state index contributed by atoms with van der Waals surface area (Å²) < 4.78 is 7.59. The molecule has 0 aliphatic carbocycles. The van der Waals surface area contributed by atoms with Crippen molar-refractivity contribution in [3.05, 3.63) is 59.7 Å². The molecule has 1 fully saturated rings. The Morgan fingerprint density at radius 1 is 1.00 bits per heavy atom. The summed E-state index contributed by atoms with van der Waals surface area (Å²) in [6.45, 7) is 5.73. The van der Waals surface area contributed by atoms with Crippen LogP contribution in [0.3, 0.4) is 0 Å². The van der Waals surface area contributed by atoms with Gasteiger partial charge in [-0.25, -0.2) is 0 Å². The fourth-order valence-electron chi connectivity index (χ4n) is 4.15. The van der Waals surface area contributed by atoms with Crippen LogP contribution in [-0.4, -0.2) is 59.3 Å². The third-order valence-electron chi connectivity index (χ3n) is 5.78. The standard InChI is InChI=1S/C23H25N5O2S/c1-17-6-2-4-8-19(17)28-22(26-12-14-30-15-13-26)24-25-23(28)31-16-21(29)27-11-10-18-7-3-5-9-20(18)27/h2-9H,10-16H2,1H3. The van der Waals surface area contributed by atoms with Crippen molar-refractivity contribution >= 4 is 29.3 Å². The highest BCUT2D eigenvalue weighted by Gasteiger charge is 2.26. The second-order valence-corrected chi connectivity index (χ2v) is 8.66. The first-order chi connectivity index (χ1) is 15.2. The molecule has 1 aromatic heterocycles. The van der Waals surface area contributed by atoms with Crippen LogP contribution < -0.4 is 9.80 Å². The molecule has 2 aliphatic rings. The van der Waals surface area contributed by atoms with Gasteiger partial charge in [0.2, 0.25) is 11.9 Å².